The van der Waals surface area contributed by atoms with E-state index in [-0.39, 0.29) is 23.9 Å². The van der Waals surface area contributed by atoms with Gasteiger partial charge in [-0.1, -0.05) is 24.3 Å². The quantitative estimate of drug-likeness (QED) is 0.690. The van der Waals surface area contributed by atoms with Crippen molar-refractivity contribution in [2.75, 3.05) is 0 Å². The summed E-state index contributed by atoms with van der Waals surface area (Å²) in [7, 11) is -3.48. The van der Waals surface area contributed by atoms with E-state index in [0.717, 1.165) is 6.07 Å². The fourth-order valence-corrected chi connectivity index (χ4v) is 4.34. The second-order valence-corrected chi connectivity index (χ2v) is 8.72. The Morgan fingerprint density at radius 2 is 1.81 bits per heavy atom. The Balaban J connectivity index is 2.13. The zero-order valence-electron chi connectivity index (χ0n) is 14.4. The van der Waals surface area contributed by atoms with E-state index in [2.05, 4.69) is 26.0 Å². The number of hydrogen-bond acceptors (Lipinski definition) is 3. The molecule has 0 heterocycles. The molecule has 0 aliphatic heterocycles. The number of rotatable bonds is 7. The van der Waals surface area contributed by atoms with Gasteiger partial charge in [0.05, 0.1) is 11.3 Å². The number of benzene rings is 2. The maximum Gasteiger partial charge on any atom is 0.252 e. The maximum atomic E-state index is 13.4. The molecule has 2 N–H and O–H groups in total. The molecule has 0 aliphatic rings. The Morgan fingerprint density at radius 1 is 1.15 bits per heavy atom. The molecule has 5 nitrogen and oxygen atoms in total. The number of carbonyl (C=O) groups excluding carboxylic acids is 1. The molecule has 0 spiro atoms. The fraction of sp³-hybridized carbons (Fsp3) is 0.278. The third-order valence-corrected chi connectivity index (χ3v) is 5.70. The smallest absolute Gasteiger partial charge is 0.252 e. The summed E-state index contributed by atoms with van der Waals surface area (Å²) >= 11 is 3.22. The van der Waals surface area contributed by atoms with Crippen molar-refractivity contribution in [3.63, 3.8) is 0 Å². The molecule has 1 amide bonds. The van der Waals surface area contributed by atoms with E-state index in [4.69, 9.17) is 0 Å². The van der Waals surface area contributed by atoms with Crippen LogP contribution in [0.1, 0.15) is 35.3 Å². The van der Waals surface area contributed by atoms with Gasteiger partial charge >= 0.3 is 0 Å². The van der Waals surface area contributed by atoms with Crippen LogP contribution in [0.3, 0.4) is 0 Å². The van der Waals surface area contributed by atoms with Gasteiger partial charge in [-0.3, -0.25) is 4.79 Å². The van der Waals surface area contributed by atoms with E-state index >= 15 is 0 Å². The number of amides is 1. The fourth-order valence-electron chi connectivity index (χ4n) is 2.42. The SMILES string of the molecule is CC(C)NS(=O)(=O)Cc1ccccc1CNC(=O)c1cc(F)ccc1Br. The third kappa shape index (κ3) is 5.89. The van der Waals surface area contributed by atoms with Gasteiger partial charge < -0.3 is 5.32 Å². The summed E-state index contributed by atoms with van der Waals surface area (Å²) < 4.78 is 40.7. The van der Waals surface area contributed by atoms with Crippen molar-refractivity contribution in [3.05, 3.63) is 69.4 Å². The largest absolute Gasteiger partial charge is 0.348 e. The van der Waals surface area contributed by atoms with Gasteiger partial charge in [-0.25, -0.2) is 17.5 Å². The average Bonchev–Trinajstić information content (AvgIpc) is 2.54. The van der Waals surface area contributed by atoms with E-state index in [1.165, 1.54) is 12.1 Å². The summed E-state index contributed by atoms with van der Waals surface area (Å²) in [5.74, 6) is -1.14. The average molecular weight is 443 g/mol. The van der Waals surface area contributed by atoms with Gasteiger partial charge in [-0.05, 0) is 59.1 Å². The van der Waals surface area contributed by atoms with Crippen LogP contribution < -0.4 is 10.0 Å². The van der Waals surface area contributed by atoms with Gasteiger partial charge in [-0.2, -0.15) is 0 Å². The molecule has 0 atom stereocenters. The molecule has 0 saturated carbocycles. The summed E-state index contributed by atoms with van der Waals surface area (Å²) in [5.41, 5.74) is 1.46. The number of sulfonamides is 1. The molecule has 0 unspecified atom stereocenters. The van der Waals surface area contributed by atoms with Gasteiger partial charge in [-0.15, -0.1) is 0 Å². The van der Waals surface area contributed by atoms with Crippen molar-refractivity contribution in [1.82, 2.24) is 10.0 Å². The lowest BCUT2D eigenvalue weighted by Gasteiger charge is -2.13. The van der Waals surface area contributed by atoms with Crippen LogP contribution in [-0.4, -0.2) is 20.4 Å². The highest BCUT2D eigenvalue weighted by molar-refractivity contribution is 9.10. The van der Waals surface area contributed by atoms with Crippen LogP contribution >= 0.6 is 15.9 Å². The lowest BCUT2D eigenvalue weighted by atomic mass is 10.1. The zero-order chi connectivity index (χ0) is 19.3. The molecule has 0 fully saturated rings. The third-order valence-electron chi connectivity index (χ3n) is 3.49. The zero-order valence-corrected chi connectivity index (χ0v) is 16.8. The Bertz CT molecular complexity index is 901. The second kappa shape index (κ2) is 8.75. The molecule has 140 valence electrons. The monoisotopic (exact) mass is 442 g/mol. The van der Waals surface area contributed by atoms with Crippen LogP contribution in [0.15, 0.2) is 46.9 Å². The molecule has 0 saturated heterocycles. The second-order valence-electron chi connectivity index (χ2n) is 6.11. The normalized spacial score (nSPS) is 11.6. The highest BCUT2D eigenvalue weighted by Gasteiger charge is 2.16. The molecule has 0 aromatic heterocycles. The van der Waals surface area contributed by atoms with Crippen LogP contribution in [0.5, 0.6) is 0 Å². The summed E-state index contributed by atoms with van der Waals surface area (Å²) in [6, 6.07) is 10.6. The summed E-state index contributed by atoms with van der Waals surface area (Å²) in [6.45, 7) is 3.64. The lowest BCUT2D eigenvalue weighted by Crippen LogP contribution is -2.32. The van der Waals surface area contributed by atoms with Gasteiger partial charge in [0.15, 0.2) is 0 Å². The summed E-state index contributed by atoms with van der Waals surface area (Å²) in [6.07, 6.45) is 0. The van der Waals surface area contributed by atoms with Gasteiger partial charge in [0, 0.05) is 17.1 Å². The predicted octanol–water partition coefficient (Wildman–Crippen LogP) is 3.35. The van der Waals surface area contributed by atoms with Crippen molar-refractivity contribution < 1.29 is 17.6 Å². The first kappa shape index (κ1) is 20.5. The number of carbonyl (C=O) groups is 1. The first-order chi connectivity index (χ1) is 12.2. The van der Waals surface area contributed by atoms with Crippen molar-refractivity contribution >= 4 is 31.9 Å². The molecule has 0 radical (unpaired) electrons. The maximum absolute atomic E-state index is 13.4. The Labute approximate surface area is 161 Å². The molecular formula is C18H20BrFN2O3S. The number of hydrogen-bond donors (Lipinski definition) is 2. The van der Waals surface area contributed by atoms with Crippen LogP contribution in [-0.2, 0) is 22.3 Å². The Morgan fingerprint density at radius 3 is 2.46 bits per heavy atom. The van der Waals surface area contributed by atoms with Crippen LogP contribution in [0.25, 0.3) is 0 Å². The Kier molecular flexibility index (Phi) is 6.91. The molecule has 2 rings (SSSR count). The van der Waals surface area contributed by atoms with Crippen LogP contribution in [0, 0.1) is 5.82 Å². The molecule has 2 aromatic carbocycles. The van der Waals surface area contributed by atoms with E-state index in [1.807, 2.05) is 0 Å². The molecular weight excluding hydrogens is 423 g/mol. The minimum Gasteiger partial charge on any atom is -0.348 e. The lowest BCUT2D eigenvalue weighted by molar-refractivity contribution is 0.0949. The van der Waals surface area contributed by atoms with Gasteiger partial charge in [0.2, 0.25) is 10.0 Å². The molecule has 26 heavy (non-hydrogen) atoms. The van der Waals surface area contributed by atoms with Crippen molar-refractivity contribution in [1.29, 1.82) is 0 Å². The predicted molar refractivity (Wildman–Crippen MR) is 103 cm³/mol. The highest BCUT2D eigenvalue weighted by atomic mass is 79.9. The van der Waals surface area contributed by atoms with Crippen LogP contribution in [0.4, 0.5) is 4.39 Å². The van der Waals surface area contributed by atoms with Crippen molar-refractivity contribution in [3.8, 4) is 0 Å². The van der Waals surface area contributed by atoms with E-state index in [0.29, 0.717) is 15.6 Å². The Hall–Kier alpha value is -1.77. The van der Waals surface area contributed by atoms with E-state index in [9.17, 15) is 17.6 Å². The minimum absolute atomic E-state index is 0.134. The van der Waals surface area contributed by atoms with Gasteiger partial charge in [0.25, 0.3) is 5.91 Å². The van der Waals surface area contributed by atoms with Crippen molar-refractivity contribution in [2.24, 2.45) is 0 Å². The van der Waals surface area contributed by atoms with E-state index < -0.39 is 21.7 Å². The standard InChI is InChI=1S/C18H20BrFN2O3S/c1-12(2)22-26(24,25)11-14-6-4-3-5-13(14)10-21-18(23)16-9-15(20)7-8-17(16)19/h3-9,12,22H,10-11H2,1-2H3,(H,21,23). The summed E-state index contributed by atoms with van der Waals surface area (Å²) in [4.78, 5) is 12.3. The molecule has 0 bridgehead atoms. The highest BCUT2D eigenvalue weighted by Crippen LogP contribution is 2.18. The summed E-state index contributed by atoms with van der Waals surface area (Å²) in [5, 5.41) is 2.70. The topological polar surface area (TPSA) is 75.3 Å². The molecule has 2 aromatic rings. The number of nitrogens with one attached hydrogen (secondary N) is 2. The molecule has 8 heteroatoms. The van der Waals surface area contributed by atoms with Crippen LogP contribution in [0.2, 0.25) is 0 Å². The number of halogens is 2. The van der Waals surface area contributed by atoms with Crippen molar-refractivity contribution in [2.45, 2.75) is 32.2 Å². The van der Waals surface area contributed by atoms with E-state index in [1.54, 1.807) is 38.1 Å². The van der Waals surface area contributed by atoms with Gasteiger partial charge in [0.1, 0.15) is 5.82 Å². The minimum atomic E-state index is -3.48. The first-order valence-corrected chi connectivity index (χ1v) is 10.4. The first-order valence-electron chi connectivity index (χ1n) is 7.98. The molecule has 0 aliphatic carbocycles.